The Morgan fingerprint density at radius 3 is 2.11 bits per heavy atom. The molecular weight excluding hydrogens is 257 g/mol. The van der Waals surface area contributed by atoms with Gasteiger partial charge in [-0.2, -0.15) is 0 Å². The van der Waals surface area contributed by atoms with Gasteiger partial charge < -0.3 is 0 Å². The van der Waals surface area contributed by atoms with Gasteiger partial charge in [-0.15, -0.1) is 13.2 Å². The summed E-state index contributed by atoms with van der Waals surface area (Å²) < 4.78 is 40.4. The number of rotatable bonds is 0. The van der Waals surface area contributed by atoms with Gasteiger partial charge in [0.1, 0.15) is 0 Å². The largest absolute Gasteiger partial charge is 0.600 e. The lowest BCUT2D eigenvalue weighted by atomic mass is 9.94. The number of halogens is 3. The van der Waals surface area contributed by atoms with Gasteiger partial charge in [-0.1, -0.05) is 26.8 Å². The first-order valence-corrected chi connectivity index (χ1v) is 6.97. The smallest absolute Gasteiger partial charge is 0.118 e. The van der Waals surface area contributed by atoms with E-state index < -0.39 is 21.4 Å². The van der Waals surface area contributed by atoms with E-state index in [1.165, 1.54) is 0 Å². The first-order valence-electron chi connectivity index (χ1n) is 5.74. The van der Waals surface area contributed by atoms with Gasteiger partial charge in [0.15, 0.2) is 9.58 Å². The average molecular weight is 273 g/mol. The van der Waals surface area contributed by atoms with Crippen LogP contribution in [-0.4, -0.2) is 0 Å². The van der Waals surface area contributed by atoms with Crippen molar-refractivity contribution in [1.82, 2.24) is 0 Å². The Bertz CT molecular complexity index is 585. The molecule has 1 aromatic heterocycles. The van der Waals surface area contributed by atoms with E-state index in [0.717, 1.165) is 5.56 Å². The third-order valence-corrected chi connectivity index (χ3v) is 5.29. The lowest BCUT2D eigenvalue weighted by molar-refractivity contribution is -0.0869. The van der Waals surface area contributed by atoms with Gasteiger partial charge in [-0.05, 0) is 18.6 Å². The Morgan fingerprint density at radius 1 is 1.00 bits per heavy atom. The van der Waals surface area contributed by atoms with Gasteiger partial charge in [0.25, 0.3) is 0 Å². The zero-order chi connectivity index (χ0) is 13.7. The van der Waals surface area contributed by atoms with Crippen molar-refractivity contribution in [1.29, 1.82) is 0 Å². The van der Waals surface area contributed by atoms with Crippen LogP contribution in [0.15, 0.2) is 24.3 Å². The van der Waals surface area contributed by atoms with Crippen LogP contribution >= 0.6 is 10.5 Å². The van der Waals surface area contributed by atoms with Crippen molar-refractivity contribution in [3.8, 4) is 0 Å². The zero-order valence-corrected chi connectivity index (χ0v) is 11.7. The molecule has 2 rings (SSSR count). The summed E-state index contributed by atoms with van der Waals surface area (Å²) in [5, 5.41) is 0.714. The fourth-order valence-corrected chi connectivity index (χ4v) is 4.29. The lowest BCUT2D eigenvalue weighted by Crippen LogP contribution is -2.12. The van der Waals surface area contributed by atoms with Gasteiger partial charge in [0, 0.05) is 22.9 Å². The standard InChI is InChI=1S/C14H16F3S/c1-9-5-6-10-8-12(13(2,3)4)18(11(10)7-9)14(15,16)17/h5-8H,1-4H3/q+1. The van der Waals surface area contributed by atoms with E-state index in [0.29, 0.717) is 15.0 Å². The monoisotopic (exact) mass is 273 g/mol. The predicted molar refractivity (Wildman–Crippen MR) is 71.2 cm³/mol. The fourth-order valence-electron chi connectivity index (χ4n) is 2.03. The second-order valence-corrected chi connectivity index (χ2v) is 7.51. The number of hydrogen-bond donors (Lipinski definition) is 0. The van der Waals surface area contributed by atoms with Crippen LogP contribution in [0.4, 0.5) is 13.2 Å². The molecule has 2 aromatic rings. The first kappa shape index (κ1) is 13.4. The molecule has 0 aliphatic carbocycles. The maximum Gasteiger partial charge on any atom is 0.600 e. The van der Waals surface area contributed by atoms with Crippen LogP contribution in [0.25, 0.3) is 10.1 Å². The molecule has 1 heterocycles. The van der Waals surface area contributed by atoms with E-state index in [1.807, 2.05) is 33.8 Å². The fraction of sp³-hybridized carbons (Fsp3) is 0.429. The summed E-state index contributed by atoms with van der Waals surface area (Å²) in [5.74, 6) is 0. The molecule has 0 nitrogen and oxygen atoms in total. The number of aryl methyl sites for hydroxylation is 1. The topological polar surface area (TPSA) is 0 Å². The molecule has 0 radical (unpaired) electrons. The molecule has 0 aliphatic rings. The lowest BCUT2D eigenvalue weighted by Gasteiger charge is -2.13. The highest BCUT2D eigenvalue weighted by molar-refractivity contribution is 7.38. The van der Waals surface area contributed by atoms with Crippen molar-refractivity contribution in [2.45, 2.75) is 38.6 Å². The van der Waals surface area contributed by atoms with E-state index >= 15 is 0 Å². The van der Waals surface area contributed by atoms with Gasteiger partial charge in [-0.3, -0.25) is 0 Å². The molecule has 4 heteroatoms. The summed E-state index contributed by atoms with van der Waals surface area (Å²) >= 11 is 0. The van der Waals surface area contributed by atoms with Crippen molar-refractivity contribution in [2.24, 2.45) is 0 Å². The quantitative estimate of drug-likeness (QED) is 0.542. The number of benzene rings is 1. The molecule has 0 spiro atoms. The van der Waals surface area contributed by atoms with Crippen LogP contribution in [0.3, 0.4) is 0 Å². The molecule has 18 heavy (non-hydrogen) atoms. The third kappa shape index (κ3) is 2.26. The van der Waals surface area contributed by atoms with Crippen LogP contribution in [0.2, 0.25) is 0 Å². The molecule has 0 aliphatic heterocycles. The van der Waals surface area contributed by atoms with E-state index in [2.05, 4.69) is 0 Å². The minimum atomic E-state index is -4.20. The van der Waals surface area contributed by atoms with Crippen molar-refractivity contribution < 1.29 is 13.2 Å². The number of hydrogen-bond acceptors (Lipinski definition) is 0. The molecule has 0 N–H and O–H groups in total. The minimum absolute atomic E-state index is 0.424. The maximum atomic E-state index is 13.3. The summed E-state index contributed by atoms with van der Waals surface area (Å²) in [6.45, 7) is 7.34. The third-order valence-electron chi connectivity index (χ3n) is 2.87. The molecule has 1 atom stereocenters. The highest BCUT2D eigenvalue weighted by Gasteiger charge is 2.50. The van der Waals surface area contributed by atoms with Crippen LogP contribution in [0, 0.1) is 6.92 Å². The predicted octanol–water partition coefficient (Wildman–Crippen LogP) is 5.67. The first-order chi connectivity index (χ1) is 8.10. The Morgan fingerprint density at radius 2 is 1.61 bits per heavy atom. The number of fused-ring (bicyclic) bond motifs is 1. The highest BCUT2D eigenvalue weighted by atomic mass is 32.2. The van der Waals surface area contributed by atoms with Crippen molar-refractivity contribution in [3.05, 3.63) is 34.7 Å². The average Bonchev–Trinajstić information content (AvgIpc) is 2.54. The minimum Gasteiger partial charge on any atom is -0.118 e. The summed E-state index contributed by atoms with van der Waals surface area (Å²) in [6, 6.07) is 7.03. The zero-order valence-electron chi connectivity index (χ0n) is 10.9. The van der Waals surface area contributed by atoms with Crippen LogP contribution in [-0.2, 0) is 10.9 Å². The Labute approximate surface area is 107 Å². The normalized spacial score (nSPS) is 14.3. The summed E-state index contributed by atoms with van der Waals surface area (Å²) in [7, 11) is -1.78. The maximum absolute atomic E-state index is 13.3. The van der Waals surface area contributed by atoms with Gasteiger partial charge in [0.05, 0.1) is 10.5 Å². The summed E-state index contributed by atoms with van der Waals surface area (Å²) in [4.78, 5) is 0.482. The Balaban J connectivity index is 2.87. The van der Waals surface area contributed by atoms with Crippen LogP contribution < -0.4 is 0 Å². The second-order valence-electron chi connectivity index (χ2n) is 5.55. The van der Waals surface area contributed by atoms with Gasteiger partial charge in [0.2, 0.25) is 0 Å². The molecule has 0 bridgehead atoms. The molecule has 0 amide bonds. The summed E-state index contributed by atoms with van der Waals surface area (Å²) in [5.41, 5.74) is -3.79. The molecule has 0 saturated carbocycles. The van der Waals surface area contributed by atoms with Crippen LogP contribution in [0.1, 0.15) is 31.2 Å². The molecule has 0 saturated heterocycles. The highest BCUT2D eigenvalue weighted by Crippen LogP contribution is 2.54. The molecule has 98 valence electrons. The van der Waals surface area contributed by atoms with Crippen LogP contribution in [0.5, 0.6) is 0 Å². The molecular formula is C14H16F3S+. The van der Waals surface area contributed by atoms with Gasteiger partial charge >= 0.3 is 5.51 Å². The second kappa shape index (κ2) is 3.98. The number of alkyl halides is 3. The van der Waals surface area contributed by atoms with Crippen molar-refractivity contribution in [2.75, 3.05) is 0 Å². The molecule has 1 aromatic carbocycles. The van der Waals surface area contributed by atoms with E-state index in [9.17, 15) is 13.2 Å². The summed E-state index contributed by atoms with van der Waals surface area (Å²) in [6.07, 6.45) is 0. The van der Waals surface area contributed by atoms with Gasteiger partial charge in [-0.25, -0.2) is 0 Å². The van der Waals surface area contributed by atoms with E-state index in [1.54, 1.807) is 18.2 Å². The Kier molecular flexibility index (Phi) is 2.97. The SMILES string of the molecule is Cc1ccc2cc(C(C)(C)C)[s+](C(F)(F)F)c2c1. The van der Waals surface area contributed by atoms with E-state index in [-0.39, 0.29) is 0 Å². The molecule has 0 fully saturated rings. The van der Waals surface area contributed by atoms with E-state index in [4.69, 9.17) is 0 Å². The number of thiophene rings is 1. The van der Waals surface area contributed by atoms with Crippen molar-refractivity contribution >= 4 is 20.6 Å². The Hall–Kier alpha value is -1.03. The van der Waals surface area contributed by atoms with Crippen molar-refractivity contribution in [3.63, 3.8) is 0 Å². The molecule has 1 unspecified atom stereocenters.